The molecule has 2 unspecified atom stereocenters. The Balaban J connectivity index is 2.08. The first-order valence-electron chi connectivity index (χ1n) is 5.43. The molecule has 14 heavy (non-hydrogen) atoms. The van der Waals surface area contributed by atoms with E-state index in [1.54, 1.807) is 0 Å². The summed E-state index contributed by atoms with van der Waals surface area (Å²) in [5, 5.41) is 0. The van der Waals surface area contributed by atoms with Crippen LogP contribution in [0.25, 0.3) is 0 Å². The van der Waals surface area contributed by atoms with Crippen LogP contribution >= 0.6 is 0 Å². The maximum absolute atomic E-state index is 5.83. The first-order valence-corrected chi connectivity index (χ1v) is 5.43. The number of nitrogens with two attached hydrogens (primary N) is 1. The minimum Gasteiger partial charge on any atom is -0.332 e. The number of aryl methyl sites for hydroxylation is 2. The van der Waals surface area contributed by atoms with Gasteiger partial charge in [0, 0.05) is 30.9 Å². The van der Waals surface area contributed by atoms with Gasteiger partial charge in [-0.1, -0.05) is 0 Å². The van der Waals surface area contributed by atoms with Crippen molar-refractivity contribution in [1.29, 1.82) is 0 Å². The van der Waals surface area contributed by atoms with E-state index in [-0.39, 0.29) is 0 Å². The second-order valence-corrected chi connectivity index (χ2v) is 4.54. The van der Waals surface area contributed by atoms with Gasteiger partial charge in [0.05, 0.1) is 0 Å². The van der Waals surface area contributed by atoms with Gasteiger partial charge in [-0.05, 0) is 32.6 Å². The van der Waals surface area contributed by atoms with Gasteiger partial charge in [-0.3, -0.25) is 0 Å². The van der Waals surface area contributed by atoms with Crippen LogP contribution in [0.15, 0.2) is 6.20 Å². The topological polar surface area (TPSA) is 43.8 Å². The fraction of sp³-hybridized carbons (Fsp3) is 0.727. The zero-order chi connectivity index (χ0) is 10.1. The monoisotopic (exact) mass is 193 g/mol. The Labute approximate surface area is 85.3 Å². The highest BCUT2D eigenvalue weighted by Gasteiger charge is 2.20. The van der Waals surface area contributed by atoms with Gasteiger partial charge >= 0.3 is 0 Å². The molecule has 0 spiro atoms. The Morgan fingerprint density at radius 2 is 2.50 bits per heavy atom. The zero-order valence-corrected chi connectivity index (χ0v) is 9.03. The van der Waals surface area contributed by atoms with Crippen LogP contribution in [0.5, 0.6) is 0 Å². The normalized spacial score (nSPS) is 23.2. The number of fused-ring (bicyclic) bond motifs is 1. The summed E-state index contributed by atoms with van der Waals surface area (Å²) in [6.07, 6.45) is 5.48. The van der Waals surface area contributed by atoms with Crippen molar-refractivity contribution in [2.75, 3.05) is 0 Å². The summed E-state index contributed by atoms with van der Waals surface area (Å²) < 4.78 is 2.34. The zero-order valence-electron chi connectivity index (χ0n) is 9.03. The number of imidazole rings is 1. The largest absolute Gasteiger partial charge is 0.332 e. The lowest BCUT2D eigenvalue weighted by Gasteiger charge is -2.25. The lowest BCUT2D eigenvalue weighted by atomic mass is 9.93. The molecule has 1 aromatic rings. The van der Waals surface area contributed by atoms with Crippen LogP contribution in [0.2, 0.25) is 0 Å². The van der Waals surface area contributed by atoms with E-state index in [9.17, 15) is 0 Å². The smallest absolute Gasteiger partial charge is 0.108 e. The lowest BCUT2D eigenvalue weighted by Crippen LogP contribution is -2.27. The number of aromatic nitrogens is 2. The molecule has 2 heterocycles. The Kier molecular flexibility index (Phi) is 2.59. The molecule has 2 atom stereocenters. The van der Waals surface area contributed by atoms with E-state index in [1.165, 1.54) is 17.9 Å². The number of hydrogen-bond acceptors (Lipinski definition) is 2. The summed E-state index contributed by atoms with van der Waals surface area (Å²) in [6, 6.07) is 0.324. The molecule has 0 saturated heterocycles. The number of hydrogen-bond donors (Lipinski definition) is 1. The molecule has 2 rings (SSSR count). The molecule has 78 valence electrons. The SMILES string of the molecule is Cc1cnc2n1CC(CC(C)N)CC2. The lowest BCUT2D eigenvalue weighted by molar-refractivity contribution is 0.324. The van der Waals surface area contributed by atoms with Crippen molar-refractivity contribution < 1.29 is 0 Å². The van der Waals surface area contributed by atoms with Gasteiger partial charge in [0.1, 0.15) is 5.82 Å². The Hall–Kier alpha value is -0.830. The molecule has 3 nitrogen and oxygen atoms in total. The number of rotatable bonds is 2. The average Bonchev–Trinajstić information content (AvgIpc) is 2.47. The van der Waals surface area contributed by atoms with Gasteiger partial charge in [0.25, 0.3) is 0 Å². The van der Waals surface area contributed by atoms with Gasteiger partial charge < -0.3 is 10.3 Å². The van der Waals surface area contributed by atoms with E-state index < -0.39 is 0 Å². The molecule has 0 bridgehead atoms. The van der Waals surface area contributed by atoms with Gasteiger partial charge in [-0.15, -0.1) is 0 Å². The van der Waals surface area contributed by atoms with E-state index in [1.807, 2.05) is 6.20 Å². The molecule has 0 saturated carbocycles. The maximum atomic E-state index is 5.83. The van der Waals surface area contributed by atoms with Gasteiger partial charge in [-0.2, -0.15) is 0 Å². The van der Waals surface area contributed by atoms with E-state index in [4.69, 9.17) is 5.73 Å². The maximum Gasteiger partial charge on any atom is 0.108 e. The van der Waals surface area contributed by atoms with Crippen LogP contribution in [-0.2, 0) is 13.0 Å². The first kappa shape index (κ1) is 9.71. The summed E-state index contributed by atoms with van der Waals surface area (Å²) in [7, 11) is 0. The van der Waals surface area contributed by atoms with Crippen LogP contribution in [0.1, 0.15) is 31.3 Å². The van der Waals surface area contributed by atoms with E-state index >= 15 is 0 Å². The Bertz CT molecular complexity index is 314. The minimum atomic E-state index is 0.324. The summed E-state index contributed by atoms with van der Waals surface area (Å²) in [5.74, 6) is 2.00. The minimum absolute atomic E-state index is 0.324. The van der Waals surface area contributed by atoms with E-state index in [0.29, 0.717) is 6.04 Å². The van der Waals surface area contributed by atoms with Gasteiger partial charge in [0.15, 0.2) is 0 Å². The van der Waals surface area contributed by atoms with Crippen LogP contribution in [0.3, 0.4) is 0 Å². The van der Waals surface area contributed by atoms with Gasteiger partial charge in [0.2, 0.25) is 0 Å². The van der Waals surface area contributed by atoms with Crippen molar-refractivity contribution in [2.24, 2.45) is 11.7 Å². The predicted octanol–water partition coefficient (Wildman–Crippen LogP) is 1.49. The molecule has 0 radical (unpaired) electrons. The van der Waals surface area contributed by atoms with E-state index in [0.717, 1.165) is 25.3 Å². The molecule has 0 fully saturated rings. The van der Waals surface area contributed by atoms with Crippen molar-refractivity contribution >= 4 is 0 Å². The third-order valence-corrected chi connectivity index (χ3v) is 3.06. The highest BCUT2D eigenvalue weighted by Crippen LogP contribution is 2.23. The molecule has 2 N–H and O–H groups in total. The molecule has 0 aromatic carbocycles. The van der Waals surface area contributed by atoms with Crippen LogP contribution in [0, 0.1) is 12.8 Å². The molecule has 1 aliphatic heterocycles. The standard InChI is InChI=1S/C11H19N3/c1-8(12)5-10-3-4-11-13-6-9(2)14(11)7-10/h6,8,10H,3-5,7,12H2,1-2H3. The summed E-state index contributed by atoms with van der Waals surface area (Å²) >= 11 is 0. The summed E-state index contributed by atoms with van der Waals surface area (Å²) in [6.45, 7) is 5.34. The molecule has 1 aliphatic rings. The van der Waals surface area contributed by atoms with E-state index in [2.05, 4.69) is 23.4 Å². The summed E-state index contributed by atoms with van der Waals surface area (Å²) in [4.78, 5) is 4.40. The molecular formula is C11H19N3. The van der Waals surface area contributed by atoms with Crippen molar-refractivity contribution in [3.05, 3.63) is 17.7 Å². The molecule has 0 amide bonds. The Morgan fingerprint density at radius 1 is 1.71 bits per heavy atom. The van der Waals surface area contributed by atoms with Crippen molar-refractivity contribution in [3.8, 4) is 0 Å². The van der Waals surface area contributed by atoms with Crippen molar-refractivity contribution in [3.63, 3.8) is 0 Å². The van der Waals surface area contributed by atoms with Crippen LogP contribution in [-0.4, -0.2) is 15.6 Å². The van der Waals surface area contributed by atoms with Gasteiger partial charge in [-0.25, -0.2) is 4.98 Å². The number of nitrogens with zero attached hydrogens (tertiary/aromatic N) is 2. The highest BCUT2D eigenvalue weighted by atomic mass is 15.1. The van der Waals surface area contributed by atoms with Crippen LogP contribution < -0.4 is 5.73 Å². The predicted molar refractivity (Wildman–Crippen MR) is 57.0 cm³/mol. The third kappa shape index (κ3) is 1.82. The first-order chi connectivity index (χ1) is 6.66. The molecule has 1 aromatic heterocycles. The van der Waals surface area contributed by atoms with Crippen LogP contribution in [0.4, 0.5) is 0 Å². The highest BCUT2D eigenvalue weighted by molar-refractivity contribution is 5.06. The van der Waals surface area contributed by atoms with Crippen molar-refractivity contribution in [1.82, 2.24) is 9.55 Å². The fourth-order valence-electron chi connectivity index (χ4n) is 2.36. The third-order valence-electron chi connectivity index (χ3n) is 3.06. The second kappa shape index (κ2) is 3.73. The summed E-state index contributed by atoms with van der Waals surface area (Å²) in [5.41, 5.74) is 7.12. The molecular weight excluding hydrogens is 174 g/mol. The average molecular weight is 193 g/mol. The van der Waals surface area contributed by atoms with Crippen molar-refractivity contribution in [2.45, 2.75) is 45.7 Å². The second-order valence-electron chi connectivity index (χ2n) is 4.54. The quantitative estimate of drug-likeness (QED) is 0.773. The Morgan fingerprint density at radius 3 is 3.21 bits per heavy atom. The molecule has 3 heteroatoms. The molecule has 0 aliphatic carbocycles. The fourth-order valence-corrected chi connectivity index (χ4v) is 2.36.